The molecule has 7 nitrogen and oxygen atoms in total. The number of carbonyl (C=O) groups excluding carboxylic acids is 3. The number of Topliss-reactive ketones (excluding diaryl/α,β-unsaturated/α-hetero) is 1. The van der Waals surface area contributed by atoms with Gasteiger partial charge in [-0.3, -0.25) is 14.5 Å². The van der Waals surface area contributed by atoms with Crippen LogP contribution in [0.4, 0.5) is 5.13 Å². The van der Waals surface area contributed by atoms with Gasteiger partial charge in [0, 0.05) is 15.1 Å². The highest BCUT2D eigenvalue weighted by Crippen LogP contribution is 2.44. The molecule has 4 rings (SSSR count). The Labute approximate surface area is 206 Å². The number of esters is 1. The molecule has 1 fully saturated rings. The van der Waals surface area contributed by atoms with Crippen molar-refractivity contribution in [2.75, 3.05) is 12.0 Å². The zero-order chi connectivity index (χ0) is 23.9. The van der Waals surface area contributed by atoms with Gasteiger partial charge < -0.3 is 9.84 Å². The molecule has 1 N–H and O–H groups in total. The highest BCUT2D eigenvalue weighted by Gasteiger charge is 2.48. The number of thiazole rings is 1. The molecule has 0 saturated carbocycles. The van der Waals surface area contributed by atoms with Gasteiger partial charge in [0.1, 0.15) is 10.6 Å². The first-order chi connectivity index (χ1) is 15.7. The molecule has 1 aliphatic rings. The van der Waals surface area contributed by atoms with E-state index in [9.17, 15) is 19.5 Å². The van der Waals surface area contributed by atoms with Crippen LogP contribution in [0.2, 0.25) is 5.02 Å². The van der Waals surface area contributed by atoms with Gasteiger partial charge in [-0.25, -0.2) is 9.78 Å². The standard InChI is InChI=1S/C23H16BrClN2O5S/c1-11-20(22(31)32-2)33-23(26-11)27-17(12-3-7-14(24)8-4-12)16(19(29)21(27)30)18(28)13-5-9-15(25)10-6-13/h3-10,17,28H,1-2H3/b18-16+. The smallest absolute Gasteiger partial charge is 0.350 e. The van der Waals surface area contributed by atoms with Crippen LogP contribution in [-0.2, 0) is 14.3 Å². The molecule has 0 bridgehead atoms. The second-order valence-corrected chi connectivity index (χ2v) is 9.46. The van der Waals surface area contributed by atoms with Crippen molar-refractivity contribution >= 4 is 67.4 Å². The van der Waals surface area contributed by atoms with Crippen LogP contribution in [0.1, 0.15) is 32.5 Å². The summed E-state index contributed by atoms with van der Waals surface area (Å²) in [4.78, 5) is 44.2. The average Bonchev–Trinajstić information content (AvgIpc) is 3.31. The maximum absolute atomic E-state index is 13.2. The van der Waals surface area contributed by atoms with E-state index in [1.165, 1.54) is 12.0 Å². The van der Waals surface area contributed by atoms with Crippen molar-refractivity contribution in [3.8, 4) is 0 Å². The normalized spacial score (nSPS) is 17.5. The molecule has 1 saturated heterocycles. The molecule has 1 aliphatic heterocycles. The lowest BCUT2D eigenvalue weighted by Gasteiger charge is -2.23. The molecule has 0 spiro atoms. The highest BCUT2D eigenvalue weighted by molar-refractivity contribution is 9.10. The molecule has 168 valence electrons. The van der Waals surface area contributed by atoms with E-state index in [1.807, 2.05) is 0 Å². The second-order valence-electron chi connectivity index (χ2n) is 7.13. The summed E-state index contributed by atoms with van der Waals surface area (Å²) in [6.07, 6.45) is 0. The quantitative estimate of drug-likeness (QED) is 0.207. The molecule has 0 radical (unpaired) electrons. The van der Waals surface area contributed by atoms with E-state index in [0.29, 0.717) is 21.8 Å². The molecule has 2 aromatic carbocycles. The van der Waals surface area contributed by atoms with Crippen molar-refractivity contribution in [2.24, 2.45) is 0 Å². The molecule has 3 aromatic rings. The van der Waals surface area contributed by atoms with Crippen LogP contribution in [0.25, 0.3) is 5.76 Å². The van der Waals surface area contributed by atoms with Gasteiger partial charge in [-0.05, 0) is 48.9 Å². The van der Waals surface area contributed by atoms with Crippen LogP contribution in [0, 0.1) is 6.92 Å². The van der Waals surface area contributed by atoms with E-state index in [-0.39, 0.29) is 21.3 Å². The first kappa shape index (κ1) is 23.2. The van der Waals surface area contributed by atoms with E-state index in [2.05, 4.69) is 20.9 Å². The van der Waals surface area contributed by atoms with E-state index in [4.69, 9.17) is 16.3 Å². The number of hydrogen-bond acceptors (Lipinski definition) is 7. The van der Waals surface area contributed by atoms with E-state index in [0.717, 1.165) is 15.8 Å². The fourth-order valence-corrected chi connectivity index (χ4v) is 4.92. The van der Waals surface area contributed by atoms with Crippen LogP contribution < -0.4 is 4.90 Å². The summed E-state index contributed by atoms with van der Waals surface area (Å²) in [6, 6.07) is 12.3. The molecule has 1 atom stereocenters. The number of amides is 1. The zero-order valence-corrected chi connectivity index (χ0v) is 20.5. The van der Waals surface area contributed by atoms with Crippen molar-refractivity contribution in [1.82, 2.24) is 4.98 Å². The van der Waals surface area contributed by atoms with Gasteiger partial charge in [0.15, 0.2) is 5.13 Å². The summed E-state index contributed by atoms with van der Waals surface area (Å²) in [5, 5.41) is 11.7. The number of carbonyl (C=O) groups is 3. The van der Waals surface area contributed by atoms with Crippen LogP contribution in [0.5, 0.6) is 0 Å². The van der Waals surface area contributed by atoms with Crippen molar-refractivity contribution in [2.45, 2.75) is 13.0 Å². The molecule has 1 aromatic heterocycles. The van der Waals surface area contributed by atoms with Gasteiger partial charge in [-0.15, -0.1) is 0 Å². The summed E-state index contributed by atoms with van der Waals surface area (Å²) in [7, 11) is 1.25. The lowest BCUT2D eigenvalue weighted by molar-refractivity contribution is -0.132. The van der Waals surface area contributed by atoms with Gasteiger partial charge in [0.2, 0.25) is 0 Å². The number of aliphatic hydroxyl groups excluding tert-OH is 1. The largest absolute Gasteiger partial charge is 0.507 e. The van der Waals surface area contributed by atoms with Crippen molar-refractivity contribution in [3.63, 3.8) is 0 Å². The third-order valence-electron chi connectivity index (χ3n) is 5.11. The lowest BCUT2D eigenvalue weighted by atomic mass is 9.95. The minimum absolute atomic E-state index is 0.0860. The predicted octanol–water partition coefficient (Wildman–Crippen LogP) is 5.28. The molecule has 1 unspecified atom stereocenters. The monoisotopic (exact) mass is 546 g/mol. The Morgan fingerprint density at radius 3 is 2.39 bits per heavy atom. The van der Waals surface area contributed by atoms with Gasteiger partial charge in [-0.2, -0.15) is 0 Å². The number of hydrogen-bond donors (Lipinski definition) is 1. The summed E-state index contributed by atoms with van der Waals surface area (Å²) in [5.41, 5.74) is 1.21. The SMILES string of the molecule is COC(=O)c1sc(N2C(=O)C(=O)/C(=C(/O)c3ccc(Cl)cc3)C2c2ccc(Br)cc2)nc1C. The molecule has 2 heterocycles. The molecule has 1 amide bonds. The predicted molar refractivity (Wildman–Crippen MR) is 129 cm³/mol. The van der Waals surface area contributed by atoms with E-state index in [1.54, 1.807) is 55.5 Å². The van der Waals surface area contributed by atoms with E-state index < -0.39 is 23.7 Å². The Bertz CT molecular complexity index is 1300. The number of halogens is 2. The minimum atomic E-state index is -0.954. The number of rotatable bonds is 4. The number of methoxy groups -OCH3 is 1. The maximum atomic E-state index is 13.2. The van der Waals surface area contributed by atoms with Gasteiger partial charge in [0.25, 0.3) is 5.78 Å². The number of ether oxygens (including phenoxy) is 1. The number of aromatic nitrogens is 1. The Kier molecular flexibility index (Phi) is 6.38. The highest BCUT2D eigenvalue weighted by atomic mass is 79.9. The number of aryl methyl sites for hydroxylation is 1. The first-order valence-corrected chi connectivity index (χ1v) is 11.6. The number of aliphatic hydroxyl groups is 1. The molecule has 10 heteroatoms. The Balaban J connectivity index is 1.93. The van der Waals surface area contributed by atoms with Crippen molar-refractivity contribution in [1.29, 1.82) is 0 Å². The molecular formula is C23H16BrClN2O5S. The topological polar surface area (TPSA) is 96.8 Å². The summed E-state index contributed by atoms with van der Waals surface area (Å²) in [5.74, 6) is -2.64. The van der Waals surface area contributed by atoms with E-state index >= 15 is 0 Å². The fourth-order valence-electron chi connectivity index (χ4n) is 3.52. The third-order valence-corrected chi connectivity index (χ3v) is 7.03. The number of ketones is 1. The van der Waals surface area contributed by atoms with Gasteiger partial charge in [0.05, 0.1) is 24.4 Å². The lowest BCUT2D eigenvalue weighted by Crippen LogP contribution is -2.29. The maximum Gasteiger partial charge on any atom is 0.350 e. The zero-order valence-electron chi connectivity index (χ0n) is 17.3. The van der Waals surface area contributed by atoms with Gasteiger partial charge in [-0.1, -0.05) is 51.0 Å². The Hall–Kier alpha value is -3.01. The van der Waals surface area contributed by atoms with Crippen LogP contribution in [0.3, 0.4) is 0 Å². The van der Waals surface area contributed by atoms with Crippen LogP contribution in [0.15, 0.2) is 58.6 Å². The molecule has 0 aliphatic carbocycles. The molecular weight excluding hydrogens is 532 g/mol. The fraction of sp³-hybridized carbons (Fsp3) is 0.130. The summed E-state index contributed by atoms with van der Waals surface area (Å²) < 4.78 is 5.59. The minimum Gasteiger partial charge on any atom is -0.507 e. The Morgan fingerprint density at radius 2 is 1.79 bits per heavy atom. The first-order valence-electron chi connectivity index (χ1n) is 9.61. The van der Waals surface area contributed by atoms with Crippen LogP contribution >= 0.6 is 38.9 Å². The van der Waals surface area contributed by atoms with Crippen molar-refractivity contribution < 1.29 is 24.2 Å². The van der Waals surface area contributed by atoms with Gasteiger partial charge >= 0.3 is 11.9 Å². The second kappa shape index (κ2) is 9.09. The number of anilines is 1. The van der Waals surface area contributed by atoms with Crippen molar-refractivity contribution in [3.05, 3.63) is 85.3 Å². The molecule has 33 heavy (non-hydrogen) atoms. The average molecular weight is 548 g/mol. The number of nitrogens with zero attached hydrogens (tertiary/aromatic N) is 2. The summed E-state index contributed by atoms with van der Waals surface area (Å²) in [6.45, 7) is 1.62. The third kappa shape index (κ3) is 4.19. The summed E-state index contributed by atoms with van der Waals surface area (Å²) >= 11 is 10.3. The Morgan fingerprint density at radius 1 is 1.15 bits per heavy atom. The number of benzene rings is 2. The van der Waals surface area contributed by atoms with Crippen LogP contribution in [-0.4, -0.2) is 34.9 Å².